The Hall–Kier alpha value is -2.29. The SMILES string of the molecule is CN1CCc2cc(Cc3ccc(C(=O)O)cc3)ccc21. The number of aromatic carboxylic acids is 1. The second-order valence-electron chi connectivity index (χ2n) is 5.31. The summed E-state index contributed by atoms with van der Waals surface area (Å²) < 4.78 is 0. The molecule has 0 unspecified atom stereocenters. The molecular weight excluding hydrogens is 250 g/mol. The molecule has 3 heteroatoms. The Balaban J connectivity index is 1.79. The van der Waals surface area contributed by atoms with Gasteiger partial charge in [-0.05, 0) is 47.7 Å². The molecule has 0 saturated heterocycles. The van der Waals surface area contributed by atoms with Crippen molar-refractivity contribution in [1.82, 2.24) is 0 Å². The lowest BCUT2D eigenvalue weighted by Gasteiger charge is -2.12. The summed E-state index contributed by atoms with van der Waals surface area (Å²) in [5.41, 5.74) is 5.50. The Morgan fingerprint density at radius 3 is 2.55 bits per heavy atom. The Labute approximate surface area is 118 Å². The third-order valence-corrected chi connectivity index (χ3v) is 3.88. The van der Waals surface area contributed by atoms with Gasteiger partial charge in [-0.15, -0.1) is 0 Å². The van der Waals surface area contributed by atoms with Crippen molar-refractivity contribution in [3.05, 3.63) is 64.7 Å². The molecule has 0 aromatic heterocycles. The molecule has 2 aromatic carbocycles. The summed E-state index contributed by atoms with van der Waals surface area (Å²) in [5, 5.41) is 8.89. The van der Waals surface area contributed by atoms with E-state index in [4.69, 9.17) is 5.11 Å². The first-order valence-electron chi connectivity index (χ1n) is 6.78. The topological polar surface area (TPSA) is 40.5 Å². The fourth-order valence-corrected chi connectivity index (χ4v) is 2.73. The van der Waals surface area contributed by atoms with Gasteiger partial charge in [-0.3, -0.25) is 0 Å². The van der Waals surface area contributed by atoms with E-state index in [2.05, 4.69) is 30.1 Å². The van der Waals surface area contributed by atoms with Crippen LogP contribution in [0.5, 0.6) is 0 Å². The van der Waals surface area contributed by atoms with E-state index >= 15 is 0 Å². The van der Waals surface area contributed by atoms with E-state index in [0.29, 0.717) is 5.56 Å². The molecule has 3 nitrogen and oxygen atoms in total. The van der Waals surface area contributed by atoms with Gasteiger partial charge in [-0.2, -0.15) is 0 Å². The first kappa shape index (κ1) is 12.7. The Kier molecular flexibility index (Phi) is 3.18. The van der Waals surface area contributed by atoms with Gasteiger partial charge < -0.3 is 10.0 Å². The van der Waals surface area contributed by atoms with E-state index in [1.165, 1.54) is 16.8 Å². The zero-order valence-electron chi connectivity index (χ0n) is 11.5. The van der Waals surface area contributed by atoms with Gasteiger partial charge in [0, 0.05) is 19.3 Å². The summed E-state index contributed by atoms with van der Waals surface area (Å²) >= 11 is 0. The monoisotopic (exact) mass is 267 g/mol. The van der Waals surface area contributed by atoms with Crippen LogP contribution >= 0.6 is 0 Å². The number of hydrogen-bond donors (Lipinski definition) is 1. The fourth-order valence-electron chi connectivity index (χ4n) is 2.73. The van der Waals surface area contributed by atoms with Crippen LogP contribution in [0.15, 0.2) is 42.5 Å². The van der Waals surface area contributed by atoms with E-state index in [9.17, 15) is 4.79 Å². The number of hydrogen-bond acceptors (Lipinski definition) is 2. The quantitative estimate of drug-likeness (QED) is 0.929. The van der Waals surface area contributed by atoms with Crippen LogP contribution in [0, 0.1) is 0 Å². The highest BCUT2D eigenvalue weighted by molar-refractivity contribution is 5.87. The molecule has 1 N–H and O–H groups in total. The molecule has 0 radical (unpaired) electrons. The highest BCUT2D eigenvalue weighted by Crippen LogP contribution is 2.28. The number of rotatable bonds is 3. The summed E-state index contributed by atoms with van der Waals surface area (Å²) in [7, 11) is 2.12. The van der Waals surface area contributed by atoms with Crippen LogP contribution in [0.3, 0.4) is 0 Å². The lowest BCUT2D eigenvalue weighted by molar-refractivity contribution is 0.0697. The number of carboxylic acid groups (broad SMARTS) is 1. The van der Waals surface area contributed by atoms with Gasteiger partial charge in [-0.25, -0.2) is 4.79 Å². The second kappa shape index (κ2) is 5.00. The lowest BCUT2D eigenvalue weighted by atomic mass is 10.0. The predicted molar refractivity (Wildman–Crippen MR) is 79.6 cm³/mol. The summed E-state index contributed by atoms with van der Waals surface area (Å²) in [5.74, 6) is -0.878. The first-order chi connectivity index (χ1) is 9.63. The number of carbonyl (C=O) groups is 1. The lowest BCUT2D eigenvalue weighted by Crippen LogP contribution is -2.12. The summed E-state index contributed by atoms with van der Waals surface area (Å²) in [6, 6.07) is 13.7. The summed E-state index contributed by atoms with van der Waals surface area (Å²) in [6.07, 6.45) is 1.95. The Morgan fingerprint density at radius 1 is 1.15 bits per heavy atom. The van der Waals surface area contributed by atoms with Gasteiger partial charge in [0.25, 0.3) is 0 Å². The summed E-state index contributed by atoms with van der Waals surface area (Å²) in [6.45, 7) is 1.09. The molecule has 102 valence electrons. The van der Waals surface area contributed by atoms with Crippen molar-refractivity contribution in [2.75, 3.05) is 18.5 Å². The van der Waals surface area contributed by atoms with Gasteiger partial charge in [-0.1, -0.05) is 24.3 Å². The van der Waals surface area contributed by atoms with Gasteiger partial charge in [0.2, 0.25) is 0 Å². The van der Waals surface area contributed by atoms with Crippen molar-refractivity contribution in [3.8, 4) is 0 Å². The third-order valence-electron chi connectivity index (χ3n) is 3.88. The van der Waals surface area contributed by atoms with Gasteiger partial charge >= 0.3 is 5.97 Å². The van der Waals surface area contributed by atoms with Gasteiger partial charge in [0.05, 0.1) is 5.56 Å². The van der Waals surface area contributed by atoms with Crippen LogP contribution in [-0.4, -0.2) is 24.7 Å². The maximum atomic E-state index is 10.8. The summed E-state index contributed by atoms with van der Waals surface area (Å²) in [4.78, 5) is 13.1. The molecule has 0 spiro atoms. The van der Waals surface area contributed by atoms with E-state index in [1.807, 2.05) is 12.1 Å². The third kappa shape index (κ3) is 2.39. The van der Waals surface area contributed by atoms with Gasteiger partial charge in [0.1, 0.15) is 0 Å². The zero-order valence-corrected chi connectivity index (χ0v) is 11.5. The molecule has 0 bridgehead atoms. The number of fused-ring (bicyclic) bond motifs is 1. The molecule has 3 rings (SSSR count). The molecule has 20 heavy (non-hydrogen) atoms. The van der Waals surface area contributed by atoms with E-state index in [0.717, 1.165) is 24.9 Å². The Bertz CT molecular complexity index is 647. The first-order valence-corrected chi connectivity index (χ1v) is 6.78. The number of carboxylic acids is 1. The maximum Gasteiger partial charge on any atom is 0.335 e. The predicted octanol–water partition coefficient (Wildman–Crippen LogP) is 2.97. The number of benzene rings is 2. The van der Waals surface area contributed by atoms with Crippen molar-refractivity contribution in [2.24, 2.45) is 0 Å². The fraction of sp³-hybridized carbons (Fsp3) is 0.235. The molecule has 1 aliphatic rings. The standard InChI is InChI=1S/C17H17NO2/c1-18-9-8-15-11-13(4-7-16(15)18)10-12-2-5-14(6-3-12)17(19)20/h2-7,11H,8-10H2,1H3,(H,19,20). The maximum absolute atomic E-state index is 10.8. The van der Waals surface area contributed by atoms with Crippen LogP contribution in [0.4, 0.5) is 5.69 Å². The normalized spacial score (nSPS) is 13.3. The zero-order chi connectivity index (χ0) is 14.1. The molecule has 1 heterocycles. The molecule has 0 aliphatic carbocycles. The van der Waals surface area contributed by atoms with E-state index in [-0.39, 0.29) is 0 Å². The van der Waals surface area contributed by atoms with Crippen LogP contribution in [-0.2, 0) is 12.8 Å². The number of likely N-dealkylation sites (N-methyl/N-ethyl adjacent to an activating group) is 1. The van der Waals surface area contributed by atoms with Crippen molar-refractivity contribution in [1.29, 1.82) is 0 Å². The molecule has 0 saturated carbocycles. The van der Waals surface area contributed by atoms with Crippen molar-refractivity contribution in [3.63, 3.8) is 0 Å². The largest absolute Gasteiger partial charge is 0.478 e. The van der Waals surface area contributed by atoms with Crippen LogP contribution in [0.25, 0.3) is 0 Å². The van der Waals surface area contributed by atoms with Crippen LogP contribution in [0.2, 0.25) is 0 Å². The minimum absolute atomic E-state index is 0.337. The second-order valence-corrected chi connectivity index (χ2v) is 5.31. The molecule has 1 aliphatic heterocycles. The van der Waals surface area contributed by atoms with Crippen molar-refractivity contribution >= 4 is 11.7 Å². The van der Waals surface area contributed by atoms with Crippen molar-refractivity contribution < 1.29 is 9.90 Å². The molecule has 0 fully saturated rings. The number of anilines is 1. The highest BCUT2D eigenvalue weighted by Gasteiger charge is 2.15. The van der Waals surface area contributed by atoms with Gasteiger partial charge in [0.15, 0.2) is 0 Å². The molecular formula is C17H17NO2. The average Bonchev–Trinajstić information content (AvgIpc) is 2.81. The van der Waals surface area contributed by atoms with E-state index < -0.39 is 5.97 Å². The highest BCUT2D eigenvalue weighted by atomic mass is 16.4. The Morgan fingerprint density at radius 2 is 1.85 bits per heavy atom. The van der Waals surface area contributed by atoms with Crippen LogP contribution in [0.1, 0.15) is 27.0 Å². The minimum Gasteiger partial charge on any atom is -0.478 e. The van der Waals surface area contributed by atoms with E-state index in [1.54, 1.807) is 12.1 Å². The molecule has 0 amide bonds. The smallest absolute Gasteiger partial charge is 0.335 e. The molecule has 0 atom stereocenters. The van der Waals surface area contributed by atoms with Crippen LogP contribution < -0.4 is 4.90 Å². The number of nitrogens with zero attached hydrogens (tertiary/aromatic N) is 1. The van der Waals surface area contributed by atoms with Crippen molar-refractivity contribution in [2.45, 2.75) is 12.8 Å². The molecule has 2 aromatic rings. The minimum atomic E-state index is -0.878. The average molecular weight is 267 g/mol.